The van der Waals surface area contributed by atoms with Crippen molar-refractivity contribution in [2.75, 3.05) is 13.1 Å². The number of ether oxygens (including phenoxy) is 1. The van der Waals surface area contributed by atoms with Crippen molar-refractivity contribution in [3.8, 4) is 11.5 Å². The topological polar surface area (TPSA) is 49.8 Å². The average molecular weight is 339 g/mol. The van der Waals surface area contributed by atoms with Crippen molar-refractivity contribution in [3.63, 3.8) is 0 Å². The number of para-hydroxylation sites is 1. The number of hydrogen-bond donors (Lipinski definition) is 1. The van der Waals surface area contributed by atoms with Gasteiger partial charge in [-0.2, -0.15) is 0 Å². The zero-order valence-corrected chi connectivity index (χ0v) is 14.8. The van der Waals surface area contributed by atoms with Crippen LogP contribution < -0.4 is 4.74 Å². The van der Waals surface area contributed by atoms with E-state index in [0.29, 0.717) is 12.5 Å². The third-order valence-corrected chi connectivity index (χ3v) is 4.86. The third kappa shape index (κ3) is 3.85. The lowest BCUT2D eigenvalue weighted by Crippen LogP contribution is -2.17. The van der Waals surface area contributed by atoms with Gasteiger partial charge in [0.2, 0.25) is 6.41 Å². The maximum Gasteiger partial charge on any atom is 0.209 e. The molecule has 25 heavy (non-hydrogen) atoms. The summed E-state index contributed by atoms with van der Waals surface area (Å²) in [7, 11) is 0. The molecule has 1 fully saturated rings. The van der Waals surface area contributed by atoms with Gasteiger partial charge in [0, 0.05) is 19.0 Å². The van der Waals surface area contributed by atoms with E-state index < -0.39 is 0 Å². The molecule has 0 bridgehead atoms. The maximum atomic E-state index is 10.9. The number of carbonyl (C=O) groups is 1. The van der Waals surface area contributed by atoms with Gasteiger partial charge in [-0.15, -0.1) is 0 Å². The molecule has 0 radical (unpaired) electrons. The van der Waals surface area contributed by atoms with Crippen LogP contribution in [0.1, 0.15) is 48.8 Å². The highest BCUT2D eigenvalue weighted by molar-refractivity contribution is 5.49. The van der Waals surface area contributed by atoms with E-state index in [1.165, 1.54) is 0 Å². The Hall–Kier alpha value is -2.33. The summed E-state index contributed by atoms with van der Waals surface area (Å²) in [5, 5.41) is 9.80. The summed E-state index contributed by atoms with van der Waals surface area (Å²) in [5.74, 6) is 2.23. The van der Waals surface area contributed by atoms with Crippen molar-refractivity contribution in [3.05, 3.63) is 59.2 Å². The Bertz CT molecular complexity index is 742. The minimum absolute atomic E-state index is 0.0318. The Morgan fingerprint density at radius 1 is 1.28 bits per heavy atom. The molecule has 4 heteroatoms. The first-order chi connectivity index (χ1) is 12.1. The van der Waals surface area contributed by atoms with Crippen LogP contribution >= 0.6 is 0 Å². The first-order valence-corrected chi connectivity index (χ1v) is 8.82. The van der Waals surface area contributed by atoms with E-state index in [9.17, 15) is 9.90 Å². The summed E-state index contributed by atoms with van der Waals surface area (Å²) in [5.41, 5.74) is 3.14. The highest BCUT2D eigenvalue weighted by atomic mass is 16.5. The van der Waals surface area contributed by atoms with Gasteiger partial charge in [0.1, 0.15) is 11.5 Å². The van der Waals surface area contributed by atoms with Crippen molar-refractivity contribution in [2.45, 2.75) is 38.7 Å². The molecule has 1 aliphatic rings. The lowest BCUT2D eigenvalue weighted by Gasteiger charge is -2.18. The van der Waals surface area contributed by atoms with E-state index in [1.807, 2.05) is 36.4 Å². The monoisotopic (exact) mass is 339 g/mol. The number of benzene rings is 2. The summed E-state index contributed by atoms with van der Waals surface area (Å²) in [6.07, 6.45) is 1.83. The molecule has 1 atom stereocenters. The van der Waals surface area contributed by atoms with Crippen LogP contribution in [0.4, 0.5) is 0 Å². The summed E-state index contributed by atoms with van der Waals surface area (Å²) in [6.45, 7) is 5.74. The van der Waals surface area contributed by atoms with Gasteiger partial charge in [-0.05, 0) is 47.2 Å². The summed E-state index contributed by atoms with van der Waals surface area (Å²) < 4.78 is 6.10. The fourth-order valence-electron chi connectivity index (χ4n) is 3.50. The van der Waals surface area contributed by atoms with Crippen molar-refractivity contribution in [1.29, 1.82) is 0 Å². The zero-order chi connectivity index (χ0) is 17.8. The van der Waals surface area contributed by atoms with Crippen LogP contribution in [0, 0.1) is 0 Å². The number of carbonyl (C=O) groups excluding carboxylic acids is 1. The van der Waals surface area contributed by atoms with E-state index in [4.69, 9.17) is 4.74 Å². The molecule has 1 amide bonds. The number of nitrogens with zero attached hydrogens (tertiary/aromatic N) is 1. The molecule has 2 aromatic rings. The molecule has 4 nitrogen and oxygen atoms in total. The average Bonchev–Trinajstić information content (AvgIpc) is 3.11. The lowest BCUT2D eigenvalue weighted by atomic mass is 9.93. The minimum atomic E-state index is -0.0318. The highest BCUT2D eigenvalue weighted by Crippen LogP contribution is 2.34. The quantitative estimate of drug-likeness (QED) is 0.808. The molecule has 0 spiro atoms. The van der Waals surface area contributed by atoms with Gasteiger partial charge in [0.25, 0.3) is 0 Å². The largest absolute Gasteiger partial charge is 0.457 e. The van der Waals surface area contributed by atoms with Crippen LogP contribution in [0.3, 0.4) is 0 Å². The Morgan fingerprint density at radius 3 is 2.76 bits per heavy atom. The van der Waals surface area contributed by atoms with Gasteiger partial charge in [-0.25, -0.2) is 0 Å². The van der Waals surface area contributed by atoms with E-state index in [2.05, 4.69) is 19.9 Å². The van der Waals surface area contributed by atoms with Crippen LogP contribution in [-0.4, -0.2) is 29.5 Å². The lowest BCUT2D eigenvalue weighted by molar-refractivity contribution is -0.117. The summed E-state index contributed by atoms with van der Waals surface area (Å²) in [4.78, 5) is 12.7. The SMILES string of the molecule is CC(C)c1ccccc1Oc1ccc(C2CCN(C=O)C2)c(CO)c1. The fourth-order valence-corrected chi connectivity index (χ4v) is 3.50. The van der Waals surface area contributed by atoms with E-state index >= 15 is 0 Å². The second-order valence-electron chi connectivity index (χ2n) is 6.90. The summed E-state index contributed by atoms with van der Waals surface area (Å²) in [6, 6.07) is 13.9. The summed E-state index contributed by atoms with van der Waals surface area (Å²) >= 11 is 0. The molecular weight excluding hydrogens is 314 g/mol. The molecule has 0 aromatic heterocycles. The second-order valence-corrected chi connectivity index (χ2v) is 6.90. The third-order valence-electron chi connectivity index (χ3n) is 4.86. The number of likely N-dealkylation sites (tertiary alicyclic amines) is 1. The minimum Gasteiger partial charge on any atom is -0.457 e. The standard InChI is InChI=1S/C21H25NO3/c1-15(2)19-5-3-4-6-21(19)25-18-7-8-20(17(11-18)13-23)16-9-10-22(12-16)14-24/h3-8,11,14-16,23H,9-10,12-13H2,1-2H3. The molecule has 1 N–H and O–H groups in total. The molecule has 0 aliphatic carbocycles. The second kappa shape index (κ2) is 7.70. The Balaban J connectivity index is 1.84. The predicted octanol–water partition coefficient (Wildman–Crippen LogP) is 4.04. The molecule has 1 heterocycles. The number of rotatable bonds is 6. The molecule has 1 unspecified atom stereocenters. The van der Waals surface area contributed by atoms with E-state index in [0.717, 1.165) is 47.6 Å². The van der Waals surface area contributed by atoms with Gasteiger partial charge in [0.05, 0.1) is 6.61 Å². The fraction of sp³-hybridized carbons (Fsp3) is 0.381. The number of aliphatic hydroxyl groups is 1. The molecule has 1 aliphatic heterocycles. The Kier molecular flexibility index (Phi) is 5.39. The Morgan fingerprint density at radius 2 is 2.08 bits per heavy atom. The van der Waals surface area contributed by atoms with Gasteiger partial charge < -0.3 is 14.7 Å². The molecule has 132 valence electrons. The highest BCUT2D eigenvalue weighted by Gasteiger charge is 2.24. The zero-order valence-electron chi connectivity index (χ0n) is 14.8. The van der Waals surface area contributed by atoms with Crippen LogP contribution in [0.2, 0.25) is 0 Å². The molecule has 3 rings (SSSR count). The van der Waals surface area contributed by atoms with Crippen molar-refractivity contribution in [1.82, 2.24) is 4.90 Å². The van der Waals surface area contributed by atoms with Crippen LogP contribution in [0.25, 0.3) is 0 Å². The van der Waals surface area contributed by atoms with Crippen LogP contribution in [0.5, 0.6) is 11.5 Å². The molecule has 2 aromatic carbocycles. The smallest absolute Gasteiger partial charge is 0.209 e. The Labute approximate surface area is 149 Å². The van der Waals surface area contributed by atoms with E-state index in [-0.39, 0.29) is 12.5 Å². The van der Waals surface area contributed by atoms with Crippen molar-refractivity contribution < 1.29 is 14.6 Å². The van der Waals surface area contributed by atoms with Gasteiger partial charge in [-0.1, -0.05) is 38.1 Å². The van der Waals surface area contributed by atoms with Crippen molar-refractivity contribution >= 4 is 6.41 Å². The van der Waals surface area contributed by atoms with Gasteiger partial charge >= 0.3 is 0 Å². The maximum absolute atomic E-state index is 10.9. The number of hydrogen-bond acceptors (Lipinski definition) is 3. The molecule has 0 saturated carbocycles. The predicted molar refractivity (Wildman–Crippen MR) is 98.0 cm³/mol. The molecule has 1 saturated heterocycles. The van der Waals surface area contributed by atoms with Gasteiger partial charge in [-0.3, -0.25) is 4.79 Å². The first kappa shape index (κ1) is 17.5. The van der Waals surface area contributed by atoms with Gasteiger partial charge in [0.15, 0.2) is 0 Å². The normalized spacial score (nSPS) is 17.1. The van der Waals surface area contributed by atoms with E-state index in [1.54, 1.807) is 4.90 Å². The number of aliphatic hydroxyl groups excluding tert-OH is 1. The number of amides is 1. The van der Waals surface area contributed by atoms with Crippen LogP contribution in [0.15, 0.2) is 42.5 Å². The molecular formula is C21H25NO3. The van der Waals surface area contributed by atoms with Crippen molar-refractivity contribution in [2.24, 2.45) is 0 Å². The first-order valence-electron chi connectivity index (χ1n) is 8.82. The van der Waals surface area contributed by atoms with Crippen LogP contribution in [-0.2, 0) is 11.4 Å².